The molecule has 0 saturated heterocycles. The first-order chi connectivity index (χ1) is 11.5. The first-order valence-electron chi connectivity index (χ1n) is 8.54. The highest BCUT2D eigenvalue weighted by Gasteiger charge is 2.20. The number of rotatable bonds is 1. The monoisotopic (exact) mass is 313 g/mol. The summed E-state index contributed by atoms with van der Waals surface area (Å²) in [6.07, 6.45) is 0. The molecule has 4 aromatic rings. The van der Waals surface area contributed by atoms with E-state index in [1.807, 2.05) is 0 Å². The molecular weight excluding hydrogens is 290 g/mol. The van der Waals surface area contributed by atoms with E-state index >= 15 is 0 Å². The Morgan fingerprint density at radius 1 is 0.708 bits per heavy atom. The summed E-state index contributed by atoms with van der Waals surface area (Å²) in [5.74, 6) is 0. The number of benzene rings is 3. The fourth-order valence-corrected chi connectivity index (χ4v) is 3.70. The average molecular weight is 313 g/mol. The Kier molecular flexibility index (Phi) is 3.28. The number of aromatic nitrogens is 1. The molecule has 24 heavy (non-hydrogen) atoms. The van der Waals surface area contributed by atoms with Crippen molar-refractivity contribution in [1.29, 1.82) is 0 Å². The summed E-state index contributed by atoms with van der Waals surface area (Å²) in [5, 5.41) is 2.74. The van der Waals surface area contributed by atoms with Crippen LogP contribution < -0.4 is 0 Å². The Labute approximate surface area is 143 Å². The third-order valence-electron chi connectivity index (χ3n) is 4.95. The van der Waals surface area contributed by atoms with E-state index in [0.29, 0.717) is 0 Å². The van der Waals surface area contributed by atoms with Gasteiger partial charge in [-0.3, -0.25) is 0 Å². The highest BCUT2D eigenvalue weighted by Crippen LogP contribution is 2.38. The molecule has 0 amide bonds. The minimum absolute atomic E-state index is 0.122. The molecule has 1 aromatic heterocycles. The summed E-state index contributed by atoms with van der Waals surface area (Å²) in [6.45, 7) is 6.88. The Hall–Kier alpha value is -2.54. The van der Waals surface area contributed by atoms with Crippen molar-refractivity contribution < 1.29 is 0 Å². The van der Waals surface area contributed by atoms with Crippen LogP contribution in [0.3, 0.4) is 0 Å². The molecule has 1 heteroatoms. The molecule has 0 N–H and O–H groups in total. The molecule has 120 valence electrons. The van der Waals surface area contributed by atoms with Crippen molar-refractivity contribution in [3.63, 3.8) is 0 Å². The van der Waals surface area contributed by atoms with Crippen molar-refractivity contribution in [2.75, 3.05) is 0 Å². The molecule has 0 fully saturated rings. The SMILES string of the molecule is Cn1c2ccc(-c3ccccc3)cc2c2c(C(C)(C)C)cccc21. The Morgan fingerprint density at radius 2 is 1.46 bits per heavy atom. The minimum atomic E-state index is 0.122. The lowest BCUT2D eigenvalue weighted by Gasteiger charge is -2.20. The smallest absolute Gasteiger partial charge is 0.0491 e. The summed E-state index contributed by atoms with van der Waals surface area (Å²) in [5.41, 5.74) is 6.68. The van der Waals surface area contributed by atoms with Crippen LogP contribution in [-0.2, 0) is 12.5 Å². The van der Waals surface area contributed by atoms with Crippen LogP contribution in [0.25, 0.3) is 32.9 Å². The predicted octanol–water partition coefficient (Wildman–Crippen LogP) is 6.30. The zero-order chi connectivity index (χ0) is 16.9. The Balaban J connectivity index is 2.11. The molecule has 1 heterocycles. The van der Waals surface area contributed by atoms with Gasteiger partial charge in [0.2, 0.25) is 0 Å². The van der Waals surface area contributed by atoms with Crippen molar-refractivity contribution in [2.45, 2.75) is 26.2 Å². The van der Waals surface area contributed by atoms with Gasteiger partial charge in [-0.1, -0.05) is 69.3 Å². The number of nitrogens with zero attached hydrogens (tertiary/aromatic N) is 1. The molecule has 0 radical (unpaired) electrons. The van der Waals surface area contributed by atoms with Crippen molar-refractivity contribution in [1.82, 2.24) is 4.57 Å². The molecule has 0 unspecified atom stereocenters. The Morgan fingerprint density at radius 3 is 2.17 bits per heavy atom. The molecule has 0 saturated carbocycles. The van der Waals surface area contributed by atoms with E-state index < -0.39 is 0 Å². The van der Waals surface area contributed by atoms with Crippen molar-refractivity contribution in [2.24, 2.45) is 7.05 Å². The highest BCUT2D eigenvalue weighted by molar-refractivity contribution is 6.11. The van der Waals surface area contributed by atoms with Crippen LogP contribution in [0.15, 0.2) is 66.7 Å². The molecule has 0 aliphatic carbocycles. The average Bonchev–Trinajstić information content (AvgIpc) is 2.87. The third-order valence-corrected chi connectivity index (χ3v) is 4.95. The lowest BCUT2D eigenvalue weighted by Crippen LogP contribution is -2.11. The summed E-state index contributed by atoms with van der Waals surface area (Å²) in [6, 6.07) is 24.1. The van der Waals surface area contributed by atoms with Gasteiger partial charge in [0.1, 0.15) is 0 Å². The molecule has 4 rings (SSSR count). The van der Waals surface area contributed by atoms with Gasteiger partial charge in [0, 0.05) is 28.9 Å². The van der Waals surface area contributed by atoms with Crippen molar-refractivity contribution in [3.8, 4) is 11.1 Å². The molecule has 0 atom stereocenters. The number of fused-ring (bicyclic) bond motifs is 3. The van der Waals surface area contributed by atoms with Gasteiger partial charge >= 0.3 is 0 Å². The van der Waals surface area contributed by atoms with E-state index in [1.165, 1.54) is 38.5 Å². The normalized spacial score (nSPS) is 12.2. The van der Waals surface area contributed by atoms with Crippen LogP contribution in [0.5, 0.6) is 0 Å². The van der Waals surface area contributed by atoms with Gasteiger partial charge in [-0.05, 0) is 40.3 Å². The van der Waals surface area contributed by atoms with E-state index in [-0.39, 0.29) is 5.41 Å². The van der Waals surface area contributed by atoms with Crippen LogP contribution in [0.1, 0.15) is 26.3 Å². The summed E-state index contributed by atoms with van der Waals surface area (Å²) in [4.78, 5) is 0. The molecule has 0 spiro atoms. The van der Waals surface area contributed by atoms with Gasteiger partial charge in [0.05, 0.1) is 0 Å². The lowest BCUT2D eigenvalue weighted by molar-refractivity contribution is 0.596. The zero-order valence-corrected chi connectivity index (χ0v) is 14.8. The van der Waals surface area contributed by atoms with Gasteiger partial charge in [-0.25, -0.2) is 0 Å². The van der Waals surface area contributed by atoms with Gasteiger partial charge in [0.25, 0.3) is 0 Å². The van der Waals surface area contributed by atoms with Crippen LogP contribution in [-0.4, -0.2) is 4.57 Å². The highest BCUT2D eigenvalue weighted by atomic mass is 14.9. The number of hydrogen-bond donors (Lipinski definition) is 0. The molecule has 0 aliphatic rings. The van der Waals surface area contributed by atoms with E-state index in [0.717, 1.165) is 0 Å². The van der Waals surface area contributed by atoms with Crippen LogP contribution in [0, 0.1) is 0 Å². The zero-order valence-electron chi connectivity index (χ0n) is 14.8. The van der Waals surface area contributed by atoms with Gasteiger partial charge in [-0.15, -0.1) is 0 Å². The first-order valence-corrected chi connectivity index (χ1v) is 8.54. The Bertz CT molecular complexity index is 1030. The molecule has 0 aliphatic heterocycles. The van der Waals surface area contributed by atoms with Gasteiger partial charge in [-0.2, -0.15) is 0 Å². The van der Waals surface area contributed by atoms with Gasteiger partial charge < -0.3 is 4.57 Å². The number of hydrogen-bond acceptors (Lipinski definition) is 0. The second-order valence-corrected chi connectivity index (χ2v) is 7.61. The predicted molar refractivity (Wildman–Crippen MR) is 105 cm³/mol. The second-order valence-electron chi connectivity index (χ2n) is 7.61. The van der Waals surface area contributed by atoms with Crippen molar-refractivity contribution in [3.05, 3.63) is 72.3 Å². The topological polar surface area (TPSA) is 4.93 Å². The molecule has 1 nitrogen and oxygen atoms in total. The largest absolute Gasteiger partial charge is 0.344 e. The maximum absolute atomic E-state index is 2.35. The number of aryl methyl sites for hydroxylation is 1. The standard InChI is InChI=1S/C23H23N/c1-23(2,3)19-11-8-12-21-22(19)18-15-17(13-14-20(18)24(21)4)16-9-6-5-7-10-16/h5-15H,1-4H3. The lowest BCUT2D eigenvalue weighted by atomic mass is 9.84. The quantitative estimate of drug-likeness (QED) is 0.389. The maximum atomic E-state index is 2.35. The minimum Gasteiger partial charge on any atom is -0.344 e. The molecular formula is C23H23N. The van der Waals surface area contributed by atoms with Crippen molar-refractivity contribution >= 4 is 21.8 Å². The first kappa shape index (κ1) is 15.0. The summed E-state index contributed by atoms with van der Waals surface area (Å²) in [7, 11) is 2.17. The van der Waals surface area contributed by atoms with Crippen LogP contribution in [0.4, 0.5) is 0 Å². The summed E-state index contributed by atoms with van der Waals surface area (Å²) < 4.78 is 2.31. The van der Waals surface area contributed by atoms with Gasteiger partial charge in [0.15, 0.2) is 0 Å². The van der Waals surface area contributed by atoms with E-state index in [9.17, 15) is 0 Å². The van der Waals surface area contributed by atoms with Crippen LogP contribution in [0.2, 0.25) is 0 Å². The molecule has 3 aromatic carbocycles. The molecule has 0 bridgehead atoms. The second kappa shape index (κ2) is 5.24. The van der Waals surface area contributed by atoms with E-state index in [2.05, 4.69) is 99.1 Å². The fraction of sp³-hybridized carbons (Fsp3) is 0.217. The van der Waals surface area contributed by atoms with Crippen LogP contribution >= 0.6 is 0 Å². The summed E-state index contributed by atoms with van der Waals surface area (Å²) >= 11 is 0. The van der Waals surface area contributed by atoms with E-state index in [4.69, 9.17) is 0 Å². The fourth-order valence-electron chi connectivity index (χ4n) is 3.70. The maximum Gasteiger partial charge on any atom is 0.0491 e. The third kappa shape index (κ3) is 2.24. The van der Waals surface area contributed by atoms with E-state index in [1.54, 1.807) is 0 Å².